The van der Waals surface area contributed by atoms with Gasteiger partial charge in [0.15, 0.2) is 0 Å². The highest BCUT2D eigenvalue weighted by molar-refractivity contribution is 7.21. The van der Waals surface area contributed by atoms with Gasteiger partial charge in [0.05, 0.1) is 5.02 Å². The number of amides is 3. The molecule has 3 N–H and O–H groups in total. The number of aryl methyl sites for hydroxylation is 1. The maximum absolute atomic E-state index is 12.3. The largest absolute Gasteiger partial charge is 0.337 e. The van der Waals surface area contributed by atoms with E-state index in [9.17, 15) is 9.59 Å². The van der Waals surface area contributed by atoms with Crippen LogP contribution in [0.15, 0.2) is 42.5 Å². The molecule has 8 heteroatoms. The Bertz CT molecular complexity index is 954. The molecule has 0 spiro atoms. The number of thiophene rings is 1. The summed E-state index contributed by atoms with van der Waals surface area (Å²) in [6, 6.07) is 11.8. The van der Waals surface area contributed by atoms with Gasteiger partial charge in [-0.05, 0) is 42.8 Å². The minimum absolute atomic E-state index is 0.342. The van der Waals surface area contributed by atoms with Crippen LogP contribution in [0.25, 0.3) is 10.1 Å². The van der Waals surface area contributed by atoms with Crippen LogP contribution in [-0.2, 0) is 0 Å². The van der Waals surface area contributed by atoms with Gasteiger partial charge in [-0.1, -0.05) is 35.3 Å². The van der Waals surface area contributed by atoms with E-state index in [1.54, 1.807) is 24.3 Å². The van der Waals surface area contributed by atoms with E-state index in [1.807, 2.05) is 25.1 Å². The first-order valence-corrected chi connectivity index (χ1v) is 8.83. The Morgan fingerprint density at radius 3 is 2.44 bits per heavy atom. The average Bonchev–Trinajstić information content (AvgIpc) is 2.91. The summed E-state index contributed by atoms with van der Waals surface area (Å²) in [7, 11) is 0. The standard InChI is InChI=1S/C17H13Cl2N3O2S/c1-9-2-7-12-13(8-9)25-15(14(12)19)16(23)21-22-17(24)20-11-5-3-10(18)4-6-11/h2-8H,1H3,(H,21,23)(H2,20,22,24). The Morgan fingerprint density at radius 2 is 1.72 bits per heavy atom. The number of halogens is 2. The van der Waals surface area contributed by atoms with Gasteiger partial charge >= 0.3 is 6.03 Å². The van der Waals surface area contributed by atoms with Crippen molar-refractivity contribution in [2.24, 2.45) is 0 Å². The number of benzene rings is 2. The van der Waals surface area contributed by atoms with Crippen LogP contribution in [0.2, 0.25) is 10.0 Å². The summed E-state index contributed by atoms with van der Waals surface area (Å²) < 4.78 is 0.917. The quantitative estimate of drug-likeness (QED) is 0.537. The number of urea groups is 1. The summed E-state index contributed by atoms with van der Waals surface area (Å²) in [6.07, 6.45) is 0. The van der Waals surface area contributed by atoms with Crippen molar-refractivity contribution in [3.05, 3.63) is 63.0 Å². The zero-order chi connectivity index (χ0) is 18.0. The second-order valence-electron chi connectivity index (χ2n) is 5.28. The molecular weight excluding hydrogens is 381 g/mol. The normalized spacial score (nSPS) is 10.5. The van der Waals surface area contributed by atoms with Crippen LogP contribution in [0.4, 0.5) is 10.5 Å². The van der Waals surface area contributed by atoms with Crippen molar-refractivity contribution in [3.63, 3.8) is 0 Å². The third-order valence-corrected chi connectivity index (χ3v) is 5.29. The van der Waals surface area contributed by atoms with Gasteiger partial charge in [-0.2, -0.15) is 0 Å². The molecule has 0 aliphatic heterocycles. The molecule has 25 heavy (non-hydrogen) atoms. The first-order chi connectivity index (χ1) is 11.9. The predicted molar refractivity (Wildman–Crippen MR) is 103 cm³/mol. The Labute approximate surface area is 157 Å². The van der Waals surface area contributed by atoms with Gasteiger partial charge in [-0.25, -0.2) is 10.2 Å². The van der Waals surface area contributed by atoms with Gasteiger partial charge in [-0.15, -0.1) is 11.3 Å². The molecule has 1 aromatic heterocycles. The van der Waals surface area contributed by atoms with Crippen LogP contribution < -0.4 is 16.2 Å². The number of hydrogen-bond donors (Lipinski definition) is 3. The third kappa shape index (κ3) is 4.04. The molecule has 1 heterocycles. The number of hydrazine groups is 1. The van der Waals surface area contributed by atoms with Crippen molar-refractivity contribution >= 4 is 62.3 Å². The highest BCUT2D eigenvalue weighted by Crippen LogP contribution is 2.35. The lowest BCUT2D eigenvalue weighted by Crippen LogP contribution is -2.43. The van der Waals surface area contributed by atoms with Gasteiger partial charge in [0.1, 0.15) is 4.88 Å². The number of hydrogen-bond acceptors (Lipinski definition) is 3. The van der Waals surface area contributed by atoms with E-state index in [1.165, 1.54) is 11.3 Å². The Balaban J connectivity index is 1.65. The maximum atomic E-state index is 12.3. The molecular formula is C17H13Cl2N3O2S. The number of carbonyl (C=O) groups excluding carboxylic acids is 2. The molecule has 0 aliphatic carbocycles. The molecule has 128 valence electrons. The molecule has 5 nitrogen and oxygen atoms in total. The van der Waals surface area contributed by atoms with Crippen molar-refractivity contribution in [3.8, 4) is 0 Å². The van der Waals surface area contributed by atoms with E-state index in [4.69, 9.17) is 23.2 Å². The Morgan fingerprint density at radius 1 is 1.00 bits per heavy atom. The Kier molecular flexibility index (Phi) is 5.13. The lowest BCUT2D eigenvalue weighted by Gasteiger charge is -2.08. The first kappa shape index (κ1) is 17.5. The van der Waals surface area contributed by atoms with Crippen LogP contribution >= 0.6 is 34.5 Å². The van der Waals surface area contributed by atoms with E-state index in [0.29, 0.717) is 20.6 Å². The first-order valence-electron chi connectivity index (χ1n) is 7.25. The number of carbonyl (C=O) groups is 2. The summed E-state index contributed by atoms with van der Waals surface area (Å²) in [4.78, 5) is 24.5. The fourth-order valence-corrected chi connectivity index (χ4v) is 3.82. The molecule has 0 bridgehead atoms. The monoisotopic (exact) mass is 393 g/mol. The molecule has 0 unspecified atom stereocenters. The molecule has 0 fully saturated rings. The fraction of sp³-hybridized carbons (Fsp3) is 0.0588. The number of rotatable bonds is 2. The van der Waals surface area contributed by atoms with Gasteiger partial charge in [0.2, 0.25) is 0 Å². The van der Waals surface area contributed by atoms with Gasteiger partial charge in [-0.3, -0.25) is 10.2 Å². The van der Waals surface area contributed by atoms with Crippen molar-refractivity contribution in [2.45, 2.75) is 6.92 Å². The van der Waals surface area contributed by atoms with Gasteiger partial charge in [0.25, 0.3) is 5.91 Å². The molecule has 0 atom stereocenters. The molecule has 3 rings (SSSR count). The number of fused-ring (bicyclic) bond motifs is 1. The van der Waals surface area contributed by atoms with E-state index in [2.05, 4.69) is 16.2 Å². The van der Waals surface area contributed by atoms with Crippen molar-refractivity contribution < 1.29 is 9.59 Å². The smallest absolute Gasteiger partial charge is 0.307 e. The van der Waals surface area contributed by atoms with Crippen LogP contribution in [0, 0.1) is 6.92 Å². The lowest BCUT2D eigenvalue weighted by molar-refractivity contribution is 0.0942. The van der Waals surface area contributed by atoms with Crippen molar-refractivity contribution in [1.29, 1.82) is 0 Å². The van der Waals surface area contributed by atoms with Gasteiger partial charge < -0.3 is 5.32 Å². The number of nitrogens with one attached hydrogen (secondary N) is 3. The summed E-state index contributed by atoms with van der Waals surface area (Å²) in [5.41, 5.74) is 6.27. The highest BCUT2D eigenvalue weighted by atomic mass is 35.5. The van der Waals surface area contributed by atoms with Gasteiger partial charge in [0, 0.05) is 20.8 Å². The van der Waals surface area contributed by atoms with Crippen LogP contribution in [-0.4, -0.2) is 11.9 Å². The maximum Gasteiger partial charge on any atom is 0.337 e. The Hall–Kier alpha value is -2.28. The molecule has 3 aromatic rings. The molecule has 2 aromatic carbocycles. The molecule has 3 amide bonds. The highest BCUT2D eigenvalue weighted by Gasteiger charge is 2.17. The molecule has 0 saturated carbocycles. The zero-order valence-corrected chi connectivity index (χ0v) is 15.4. The van der Waals surface area contributed by atoms with Crippen molar-refractivity contribution in [1.82, 2.24) is 10.9 Å². The molecule has 0 saturated heterocycles. The van der Waals surface area contributed by atoms with Crippen LogP contribution in [0.1, 0.15) is 15.2 Å². The topological polar surface area (TPSA) is 70.2 Å². The minimum atomic E-state index is -0.580. The van der Waals surface area contributed by atoms with E-state index in [-0.39, 0.29) is 0 Å². The average molecular weight is 394 g/mol. The lowest BCUT2D eigenvalue weighted by atomic mass is 10.2. The summed E-state index contributed by atoms with van der Waals surface area (Å²) in [5.74, 6) is -0.477. The summed E-state index contributed by atoms with van der Waals surface area (Å²) in [6.45, 7) is 1.97. The fourth-order valence-electron chi connectivity index (χ4n) is 2.18. The van der Waals surface area contributed by atoms with E-state index in [0.717, 1.165) is 15.6 Å². The van der Waals surface area contributed by atoms with Crippen LogP contribution in [0.5, 0.6) is 0 Å². The minimum Gasteiger partial charge on any atom is -0.307 e. The van der Waals surface area contributed by atoms with E-state index < -0.39 is 11.9 Å². The van der Waals surface area contributed by atoms with Crippen LogP contribution in [0.3, 0.4) is 0 Å². The third-order valence-electron chi connectivity index (χ3n) is 3.38. The SMILES string of the molecule is Cc1ccc2c(Cl)c(C(=O)NNC(=O)Nc3ccc(Cl)cc3)sc2c1. The van der Waals surface area contributed by atoms with Crippen molar-refractivity contribution in [2.75, 3.05) is 5.32 Å². The molecule has 0 radical (unpaired) electrons. The summed E-state index contributed by atoms with van der Waals surface area (Å²) in [5, 5.41) is 4.32. The molecule has 0 aliphatic rings. The van der Waals surface area contributed by atoms with E-state index >= 15 is 0 Å². The summed E-state index contributed by atoms with van der Waals surface area (Å²) >= 11 is 13.3. The zero-order valence-electron chi connectivity index (χ0n) is 13.0. The second-order valence-corrected chi connectivity index (χ2v) is 7.15. The predicted octanol–water partition coefficient (Wildman–Crippen LogP) is 4.98. The number of anilines is 1. The second kappa shape index (κ2) is 7.31.